The Kier molecular flexibility index (Phi) is 4.53. The van der Waals surface area contributed by atoms with E-state index in [4.69, 9.17) is 4.74 Å². The van der Waals surface area contributed by atoms with Gasteiger partial charge >= 0.3 is 0 Å². The quantitative estimate of drug-likeness (QED) is 0.685. The van der Waals surface area contributed by atoms with Gasteiger partial charge in [0.15, 0.2) is 0 Å². The van der Waals surface area contributed by atoms with Crippen molar-refractivity contribution in [3.05, 3.63) is 18.0 Å². The van der Waals surface area contributed by atoms with Crippen molar-refractivity contribution in [3.63, 3.8) is 0 Å². The highest BCUT2D eigenvalue weighted by atomic mass is 16.5. The molecule has 1 aromatic heterocycles. The van der Waals surface area contributed by atoms with Gasteiger partial charge in [-0.2, -0.15) is 5.10 Å². The van der Waals surface area contributed by atoms with E-state index in [1.165, 1.54) is 12.8 Å². The average Bonchev–Trinajstić information content (AvgIpc) is 3.02. The Balaban J connectivity index is 1.51. The van der Waals surface area contributed by atoms with Crippen molar-refractivity contribution < 1.29 is 9.84 Å². The number of nitrogens with one attached hydrogen (secondary N) is 1. The standard InChI is InChI=1S/C12H21N3O2/c1-15-7-11(5-14-15)4-13-6-12(16)9-17-8-10-2-3-10/h5,7,10,12-13,16H,2-4,6,8-9H2,1H3. The van der Waals surface area contributed by atoms with Gasteiger partial charge in [-0.05, 0) is 18.8 Å². The van der Waals surface area contributed by atoms with E-state index in [1.54, 1.807) is 4.68 Å². The highest BCUT2D eigenvalue weighted by Crippen LogP contribution is 2.28. The third-order valence-corrected chi connectivity index (χ3v) is 2.83. The molecule has 1 aliphatic rings. The molecule has 0 aromatic carbocycles. The minimum Gasteiger partial charge on any atom is -0.389 e. The molecule has 1 aliphatic carbocycles. The third kappa shape index (κ3) is 4.85. The van der Waals surface area contributed by atoms with E-state index in [0.29, 0.717) is 13.2 Å². The number of hydrogen-bond acceptors (Lipinski definition) is 4. The molecular formula is C12H21N3O2. The van der Waals surface area contributed by atoms with Crippen LogP contribution < -0.4 is 5.32 Å². The monoisotopic (exact) mass is 239 g/mol. The van der Waals surface area contributed by atoms with E-state index < -0.39 is 6.10 Å². The van der Waals surface area contributed by atoms with Crippen LogP contribution >= 0.6 is 0 Å². The number of aliphatic hydroxyl groups excluding tert-OH is 1. The molecule has 1 heterocycles. The maximum atomic E-state index is 9.66. The number of aryl methyl sites for hydroxylation is 1. The Morgan fingerprint density at radius 2 is 2.47 bits per heavy atom. The molecule has 1 unspecified atom stereocenters. The second-order valence-corrected chi connectivity index (χ2v) is 4.79. The SMILES string of the molecule is Cn1cc(CNCC(O)COCC2CC2)cn1. The topological polar surface area (TPSA) is 59.3 Å². The van der Waals surface area contributed by atoms with Crippen LogP contribution in [0, 0.1) is 5.92 Å². The highest BCUT2D eigenvalue weighted by molar-refractivity contribution is 5.02. The number of nitrogens with zero attached hydrogens (tertiary/aromatic N) is 2. The van der Waals surface area contributed by atoms with Crippen LogP contribution in [-0.4, -0.2) is 40.7 Å². The maximum absolute atomic E-state index is 9.66. The molecule has 5 heteroatoms. The van der Waals surface area contributed by atoms with Gasteiger partial charge in [-0.15, -0.1) is 0 Å². The molecule has 0 saturated heterocycles. The van der Waals surface area contributed by atoms with Crippen LogP contribution in [0.1, 0.15) is 18.4 Å². The van der Waals surface area contributed by atoms with Crippen LogP contribution in [0.3, 0.4) is 0 Å². The first-order chi connectivity index (χ1) is 8.24. The van der Waals surface area contributed by atoms with Crippen molar-refractivity contribution in [3.8, 4) is 0 Å². The molecule has 0 bridgehead atoms. The van der Waals surface area contributed by atoms with Crippen molar-refractivity contribution in [2.75, 3.05) is 19.8 Å². The number of aliphatic hydroxyl groups is 1. The van der Waals surface area contributed by atoms with Gasteiger partial charge in [0.1, 0.15) is 0 Å². The first-order valence-electron chi connectivity index (χ1n) is 6.18. The largest absolute Gasteiger partial charge is 0.389 e. The lowest BCUT2D eigenvalue weighted by atomic mass is 10.3. The Morgan fingerprint density at radius 3 is 3.12 bits per heavy atom. The molecule has 0 radical (unpaired) electrons. The fourth-order valence-corrected chi connectivity index (χ4v) is 1.66. The van der Waals surface area contributed by atoms with Crippen molar-refractivity contribution in [1.29, 1.82) is 0 Å². The smallest absolute Gasteiger partial charge is 0.0897 e. The molecule has 2 rings (SSSR count). The zero-order chi connectivity index (χ0) is 12.1. The first kappa shape index (κ1) is 12.5. The number of aromatic nitrogens is 2. The lowest BCUT2D eigenvalue weighted by Crippen LogP contribution is -2.30. The van der Waals surface area contributed by atoms with Gasteiger partial charge in [-0.3, -0.25) is 4.68 Å². The minimum absolute atomic E-state index is 0.426. The second-order valence-electron chi connectivity index (χ2n) is 4.79. The van der Waals surface area contributed by atoms with Gasteiger partial charge in [0.05, 0.1) is 18.9 Å². The van der Waals surface area contributed by atoms with E-state index >= 15 is 0 Å². The summed E-state index contributed by atoms with van der Waals surface area (Å²) < 4.78 is 7.19. The van der Waals surface area contributed by atoms with E-state index in [0.717, 1.165) is 24.6 Å². The molecule has 96 valence electrons. The van der Waals surface area contributed by atoms with Gasteiger partial charge in [0.2, 0.25) is 0 Å². The zero-order valence-corrected chi connectivity index (χ0v) is 10.3. The van der Waals surface area contributed by atoms with Crippen LogP contribution in [0.15, 0.2) is 12.4 Å². The van der Waals surface area contributed by atoms with Gasteiger partial charge in [-0.1, -0.05) is 0 Å². The molecule has 1 atom stereocenters. The lowest BCUT2D eigenvalue weighted by Gasteiger charge is -2.11. The van der Waals surface area contributed by atoms with Crippen LogP contribution in [0.5, 0.6) is 0 Å². The molecule has 1 saturated carbocycles. The van der Waals surface area contributed by atoms with Gasteiger partial charge in [-0.25, -0.2) is 0 Å². The molecule has 0 spiro atoms. The number of rotatable bonds is 8. The summed E-state index contributed by atoms with van der Waals surface area (Å²) >= 11 is 0. The number of hydrogen-bond donors (Lipinski definition) is 2. The summed E-state index contributed by atoms with van der Waals surface area (Å²) in [7, 11) is 1.89. The molecule has 1 fully saturated rings. The Morgan fingerprint density at radius 1 is 1.65 bits per heavy atom. The van der Waals surface area contributed by atoms with E-state index in [9.17, 15) is 5.11 Å². The normalized spacial score (nSPS) is 17.3. The summed E-state index contributed by atoms with van der Waals surface area (Å²) in [5, 5.41) is 16.9. The van der Waals surface area contributed by atoms with Gasteiger partial charge < -0.3 is 15.2 Å². The Labute approximate surface area is 102 Å². The summed E-state index contributed by atoms with van der Waals surface area (Å²) in [6.45, 7) is 2.52. The molecular weight excluding hydrogens is 218 g/mol. The van der Waals surface area contributed by atoms with E-state index in [-0.39, 0.29) is 0 Å². The predicted octanol–water partition coefficient (Wildman–Crippen LogP) is 0.297. The molecule has 0 amide bonds. The molecule has 2 N–H and O–H groups in total. The van der Waals surface area contributed by atoms with Crippen molar-refractivity contribution >= 4 is 0 Å². The predicted molar refractivity (Wildman–Crippen MR) is 64.5 cm³/mol. The molecule has 0 aliphatic heterocycles. The van der Waals surface area contributed by atoms with Gasteiger partial charge in [0.25, 0.3) is 0 Å². The zero-order valence-electron chi connectivity index (χ0n) is 10.3. The van der Waals surface area contributed by atoms with Gasteiger partial charge in [0, 0.05) is 38.5 Å². The molecule has 1 aromatic rings. The fourth-order valence-electron chi connectivity index (χ4n) is 1.66. The van der Waals surface area contributed by atoms with Crippen LogP contribution in [0.25, 0.3) is 0 Å². The molecule has 17 heavy (non-hydrogen) atoms. The fraction of sp³-hybridized carbons (Fsp3) is 0.750. The van der Waals surface area contributed by atoms with Crippen molar-refractivity contribution in [2.24, 2.45) is 13.0 Å². The highest BCUT2D eigenvalue weighted by Gasteiger charge is 2.21. The lowest BCUT2D eigenvalue weighted by molar-refractivity contribution is 0.0324. The first-order valence-corrected chi connectivity index (χ1v) is 6.18. The van der Waals surface area contributed by atoms with Crippen molar-refractivity contribution in [2.45, 2.75) is 25.5 Å². The van der Waals surface area contributed by atoms with Crippen LogP contribution in [0.2, 0.25) is 0 Å². The average molecular weight is 239 g/mol. The van der Waals surface area contributed by atoms with Crippen molar-refractivity contribution in [1.82, 2.24) is 15.1 Å². The van der Waals surface area contributed by atoms with E-state index in [2.05, 4.69) is 10.4 Å². The number of ether oxygens (including phenoxy) is 1. The third-order valence-electron chi connectivity index (χ3n) is 2.83. The summed E-state index contributed by atoms with van der Waals surface area (Å²) in [5.74, 6) is 0.755. The summed E-state index contributed by atoms with van der Waals surface area (Å²) in [5.41, 5.74) is 1.12. The minimum atomic E-state index is -0.426. The Hall–Kier alpha value is -0.910. The van der Waals surface area contributed by atoms with Crippen LogP contribution in [-0.2, 0) is 18.3 Å². The van der Waals surface area contributed by atoms with Crippen LogP contribution in [0.4, 0.5) is 0 Å². The molecule has 5 nitrogen and oxygen atoms in total. The maximum Gasteiger partial charge on any atom is 0.0897 e. The summed E-state index contributed by atoms with van der Waals surface area (Å²) in [6.07, 6.45) is 5.93. The summed E-state index contributed by atoms with van der Waals surface area (Å²) in [6, 6.07) is 0. The second kappa shape index (κ2) is 6.14. The van der Waals surface area contributed by atoms with E-state index in [1.807, 2.05) is 19.4 Å². The summed E-state index contributed by atoms with van der Waals surface area (Å²) in [4.78, 5) is 0. The Bertz CT molecular complexity index is 336.